The van der Waals surface area contributed by atoms with Crippen LogP contribution in [0.3, 0.4) is 0 Å². The van der Waals surface area contributed by atoms with Gasteiger partial charge in [-0.3, -0.25) is 4.68 Å². The molecule has 0 aromatic carbocycles. The van der Waals surface area contributed by atoms with E-state index in [0.717, 1.165) is 10.9 Å². The van der Waals surface area contributed by atoms with Crippen molar-refractivity contribution in [2.24, 2.45) is 11.3 Å². The van der Waals surface area contributed by atoms with E-state index in [4.69, 9.17) is 10.6 Å². The number of nitrogens with two attached hydrogens (primary N) is 1. The minimum atomic E-state index is -4.60. The van der Waals surface area contributed by atoms with Gasteiger partial charge in [-0.05, 0) is 11.8 Å². The molecule has 0 saturated heterocycles. The molecule has 2 aromatic rings. The topological polar surface area (TPSA) is 137 Å². The van der Waals surface area contributed by atoms with Crippen molar-refractivity contribution < 1.29 is 31.1 Å². The van der Waals surface area contributed by atoms with E-state index in [9.17, 15) is 26.4 Å². The Morgan fingerprint density at radius 2 is 1.91 bits per heavy atom. The molecule has 3 rings (SSSR count). The van der Waals surface area contributed by atoms with Crippen LogP contribution in [-0.4, -0.2) is 51.2 Å². The van der Waals surface area contributed by atoms with Gasteiger partial charge < -0.3 is 10.1 Å². The molecule has 11 nitrogen and oxygen atoms in total. The van der Waals surface area contributed by atoms with Crippen LogP contribution in [0.1, 0.15) is 64.8 Å². The lowest BCUT2D eigenvalue weighted by molar-refractivity contribution is -0.143. The number of ether oxygens (including phenoxy) is 1. The van der Waals surface area contributed by atoms with Gasteiger partial charge in [0.05, 0.1) is 36.4 Å². The highest BCUT2D eigenvalue weighted by Crippen LogP contribution is 2.36. The van der Waals surface area contributed by atoms with Crippen LogP contribution in [0.2, 0.25) is 0 Å². The number of sulfonamides is 1. The highest BCUT2D eigenvalue weighted by atomic mass is 32.2. The smallest absolute Gasteiger partial charge is 0.408 e. The van der Waals surface area contributed by atoms with Crippen molar-refractivity contribution >= 4 is 21.7 Å². The zero-order chi connectivity index (χ0) is 26.5. The van der Waals surface area contributed by atoms with Gasteiger partial charge in [-0.2, -0.15) is 31.8 Å². The Morgan fingerprint density at radius 1 is 1.29 bits per heavy atom. The third-order valence-electron chi connectivity index (χ3n) is 5.35. The standard InChI is InChI=1S/C20H30F3N7O4S/c1-11(2)14-15(16(12(3)4)28(27-14)9-20(21,22)23)26-18(31)30(24)35(32,33)13-7-25-29-8-19(5,6)10-34-17(13)29/h7,11-12H,8-10,24H2,1-6H3,(H,26,31). The number of nitrogens with zero attached hydrogens (tertiary/aromatic N) is 5. The first-order chi connectivity index (χ1) is 15.9. The highest BCUT2D eigenvalue weighted by Gasteiger charge is 2.38. The van der Waals surface area contributed by atoms with Crippen molar-refractivity contribution in [3.05, 3.63) is 17.6 Å². The Labute approximate surface area is 201 Å². The number of rotatable bonds is 6. The third kappa shape index (κ3) is 5.39. The maximum Gasteiger partial charge on any atom is 0.408 e. The molecule has 15 heteroatoms. The molecule has 0 bridgehead atoms. The third-order valence-corrected chi connectivity index (χ3v) is 6.87. The van der Waals surface area contributed by atoms with Gasteiger partial charge in [-0.1, -0.05) is 41.5 Å². The molecule has 2 aromatic heterocycles. The number of aromatic nitrogens is 4. The Morgan fingerprint density at radius 3 is 2.46 bits per heavy atom. The van der Waals surface area contributed by atoms with E-state index in [0.29, 0.717) is 6.54 Å². The van der Waals surface area contributed by atoms with Gasteiger partial charge in [-0.15, -0.1) is 4.41 Å². The molecule has 1 aliphatic heterocycles. The van der Waals surface area contributed by atoms with Crippen LogP contribution in [0.4, 0.5) is 23.7 Å². The summed E-state index contributed by atoms with van der Waals surface area (Å²) in [5.74, 6) is 4.82. The number of alkyl halides is 3. The van der Waals surface area contributed by atoms with Crippen LogP contribution in [-0.2, 0) is 23.1 Å². The van der Waals surface area contributed by atoms with Crippen LogP contribution >= 0.6 is 0 Å². The number of urea groups is 1. The Balaban J connectivity index is 1.96. The molecule has 196 valence electrons. The average Bonchev–Trinajstić information content (AvgIpc) is 3.26. The minimum absolute atomic E-state index is 0.00932. The molecule has 2 amide bonds. The Hall–Kier alpha value is -2.81. The van der Waals surface area contributed by atoms with Gasteiger partial charge in [0.2, 0.25) is 5.88 Å². The van der Waals surface area contributed by atoms with E-state index >= 15 is 0 Å². The van der Waals surface area contributed by atoms with Crippen molar-refractivity contribution in [3.8, 4) is 5.88 Å². The number of fused-ring (bicyclic) bond motifs is 1. The average molecular weight is 522 g/mol. The van der Waals surface area contributed by atoms with Crippen LogP contribution in [0, 0.1) is 5.41 Å². The molecule has 0 unspecified atom stereocenters. The molecule has 35 heavy (non-hydrogen) atoms. The molecule has 0 aliphatic carbocycles. The number of amides is 2. The van der Waals surface area contributed by atoms with Crippen LogP contribution in [0.25, 0.3) is 0 Å². The largest absolute Gasteiger partial charge is 0.476 e. The SMILES string of the molecule is CC(C)c1nn(CC(F)(F)F)c(C(C)C)c1NC(=O)N(N)S(=O)(=O)c1cnn2c1OCC(C)(C)C2. The maximum absolute atomic E-state index is 13.1. The second-order valence-electron chi connectivity index (χ2n) is 9.88. The predicted molar refractivity (Wildman–Crippen MR) is 120 cm³/mol. The number of hydrazine groups is 1. The maximum atomic E-state index is 13.1. The quantitative estimate of drug-likeness (QED) is 0.338. The summed E-state index contributed by atoms with van der Waals surface area (Å²) in [7, 11) is -4.60. The van der Waals surface area contributed by atoms with E-state index in [2.05, 4.69) is 15.5 Å². The minimum Gasteiger partial charge on any atom is -0.476 e. The number of carbonyl (C=O) groups excluding carboxylic acids is 1. The van der Waals surface area contributed by atoms with E-state index in [-0.39, 0.29) is 45.3 Å². The second kappa shape index (κ2) is 9.00. The summed E-state index contributed by atoms with van der Waals surface area (Å²) >= 11 is 0. The van der Waals surface area contributed by atoms with Crippen molar-refractivity contribution in [1.29, 1.82) is 0 Å². The predicted octanol–water partition coefficient (Wildman–Crippen LogP) is 3.40. The van der Waals surface area contributed by atoms with Crippen molar-refractivity contribution in [2.75, 3.05) is 11.9 Å². The molecule has 0 spiro atoms. The zero-order valence-electron chi connectivity index (χ0n) is 20.3. The number of hydrogen-bond acceptors (Lipinski definition) is 7. The summed E-state index contributed by atoms with van der Waals surface area (Å²) in [5.41, 5.74) is -0.0224. The van der Waals surface area contributed by atoms with Crippen molar-refractivity contribution in [3.63, 3.8) is 0 Å². The van der Waals surface area contributed by atoms with Crippen molar-refractivity contribution in [2.45, 2.75) is 77.5 Å². The fraction of sp³-hybridized carbons (Fsp3) is 0.650. The van der Waals surface area contributed by atoms with Gasteiger partial charge in [-0.25, -0.2) is 15.3 Å². The second-order valence-corrected chi connectivity index (χ2v) is 11.7. The molecule has 0 radical (unpaired) electrons. The Kier molecular flexibility index (Phi) is 6.89. The van der Waals surface area contributed by atoms with Gasteiger partial charge >= 0.3 is 12.2 Å². The van der Waals surface area contributed by atoms with Crippen molar-refractivity contribution in [1.82, 2.24) is 24.0 Å². The monoisotopic (exact) mass is 521 g/mol. The normalized spacial score (nSPS) is 15.8. The van der Waals surface area contributed by atoms with E-state index < -0.39 is 39.6 Å². The molecule has 3 heterocycles. The van der Waals surface area contributed by atoms with E-state index in [1.807, 2.05) is 13.8 Å². The molecule has 0 fully saturated rings. The van der Waals surface area contributed by atoms with Crippen LogP contribution < -0.4 is 15.9 Å². The highest BCUT2D eigenvalue weighted by molar-refractivity contribution is 7.89. The zero-order valence-corrected chi connectivity index (χ0v) is 21.2. The molecule has 0 atom stereocenters. The summed E-state index contributed by atoms with van der Waals surface area (Å²) in [4.78, 5) is 12.6. The lowest BCUT2D eigenvalue weighted by Crippen LogP contribution is -2.45. The number of anilines is 1. The van der Waals surface area contributed by atoms with Gasteiger partial charge in [0.25, 0.3) is 10.0 Å². The van der Waals surface area contributed by atoms with Gasteiger partial charge in [0, 0.05) is 5.41 Å². The van der Waals surface area contributed by atoms with Crippen LogP contribution in [0.15, 0.2) is 11.1 Å². The number of halogens is 3. The number of hydrogen-bond donors (Lipinski definition) is 2. The number of carbonyl (C=O) groups is 1. The molecular weight excluding hydrogens is 491 g/mol. The Bertz CT molecular complexity index is 1220. The first-order valence-electron chi connectivity index (χ1n) is 10.9. The van der Waals surface area contributed by atoms with Gasteiger partial charge in [0.1, 0.15) is 6.54 Å². The summed E-state index contributed by atoms with van der Waals surface area (Å²) in [5, 5.41) is 10.5. The summed E-state index contributed by atoms with van der Waals surface area (Å²) in [6.45, 7) is 9.75. The molecule has 1 aliphatic rings. The lowest BCUT2D eigenvalue weighted by atomic mass is 9.94. The summed E-state index contributed by atoms with van der Waals surface area (Å²) in [6.07, 6.45) is -3.51. The summed E-state index contributed by atoms with van der Waals surface area (Å²) < 4.78 is 73.4. The van der Waals surface area contributed by atoms with Gasteiger partial charge in [0.15, 0.2) is 4.90 Å². The summed E-state index contributed by atoms with van der Waals surface area (Å²) in [6, 6.07) is -1.27. The van der Waals surface area contributed by atoms with E-state index in [1.165, 1.54) is 4.68 Å². The number of nitrogens with one attached hydrogen (secondary N) is 1. The fourth-order valence-electron chi connectivity index (χ4n) is 3.79. The first-order valence-corrected chi connectivity index (χ1v) is 12.4. The first kappa shape index (κ1) is 26.8. The fourth-order valence-corrected chi connectivity index (χ4v) is 4.83. The molecule has 0 saturated carbocycles. The molecular formula is C20H30F3N7O4S. The van der Waals surface area contributed by atoms with E-state index in [1.54, 1.807) is 27.7 Å². The lowest BCUT2D eigenvalue weighted by Gasteiger charge is -2.30. The molecule has 3 N–H and O–H groups in total. The van der Waals surface area contributed by atoms with Crippen LogP contribution in [0.5, 0.6) is 5.88 Å².